The molecule has 0 bridgehead atoms. The Hall–Kier alpha value is -3.05. The predicted octanol–water partition coefficient (Wildman–Crippen LogP) is 5.05. The zero-order chi connectivity index (χ0) is 18.5. The molecule has 0 radical (unpaired) electrons. The van der Waals surface area contributed by atoms with Crippen LogP contribution < -0.4 is 15.4 Å². The molecule has 0 aliphatic carbocycles. The summed E-state index contributed by atoms with van der Waals surface area (Å²) in [5, 5.41) is 6.70. The van der Waals surface area contributed by atoms with Crippen molar-refractivity contribution >= 4 is 34.7 Å². The smallest absolute Gasteiger partial charge is 0.257 e. The Bertz CT molecular complexity index is 927. The monoisotopic (exact) mass is 367 g/mol. The lowest BCUT2D eigenvalue weighted by Crippen LogP contribution is -2.13. The van der Waals surface area contributed by atoms with Crippen LogP contribution in [0.1, 0.15) is 15.9 Å². The van der Waals surface area contributed by atoms with Gasteiger partial charge in [0.1, 0.15) is 11.6 Å². The summed E-state index contributed by atoms with van der Waals surface area (Å²) < 4.78 is 5.24. The van der Waals surface area contributed by atoms with E-state index in [-0.39, 0.29) is 5.91 Å². The number of hydrogen-bond acceptors (Lipinski definition) is 4. The number of methoxy groups -OCH3 is 1. The van der Waals surface area contributed by atoms with Gasteiger partial charge in [0.15, 0.2) is 0 Å². The molecule has 6 heteroatoms. The first-order valence-corrected chi connectivity index (χ1v) is 8.39. The van der Waals surface area contributed by atoms with Gasteiger partial charge in [-0.3, -0.25) is 4.79 Å². The molecule has 0 fully saturated rings. The largest absolute Gasteiger partial charge is 0.495 e. The average Bonchev–Trinajstić information content (AvgIpc) is 2.66. The van der Waals surface area contributed by atoms with Crippen molar-refractivity contribution in [1.82, 2.24) is 4.98 Å². The minimum atomic E-state index is -0.257. The molecule has 0 saturated carbocycles. The highest BCUT2D eigenvalue weighted by molar-refractivity contribution is 6.31. The van der Waals surface area contributed by atoms with Crippen molar-refractivity contribution in [2.45, 2.75) is 6.92 Å². The number of nitrogens with one attached hydrogen (secondary N) is 2. The number of halogens is 1. The molecule has 0 atom stereocenters. The van der Waals surface area contributed by atoms with E-state index in [1.807, 2.05) is 37.3 Å². The van der Waals surface area contributed by atoms with E-state index in [1.165, 1.54) is 6.20 Å². The van der Waals surface area contributed by atoms with E-state index < -0.39 is 0 Å². The average molecular weight is 368 g/mol. The summed E-state index contributed by atoms with van der Waals surface area (Å²) in [4.78, 5) is 16.7. The van der Waals surface area contributed by atoms with Crippen LogP contribution in [0.2, 0.25) is 5.02 Å². The van der Waals surface area contributed by atoms with Crippen molar-refractivity contribution in [1.29, 1.82) is 0 Å². The van der Waals surface area contributed by atoms with Crippen LogP contribution in [-0.4, -0.2) is 18.0 Å². The standard InChI is InChI=1S/C20H18ClN3O2/c1-13-15(21)6-5-8-16(13)23-19-11-10-14(12-22-19)20(25)24-17-7-3-4-9-18(17)26-2/h3-12H,1-2H3,(H,22,23)(H,24,25). The van der Waals surface area contributed by atoms with Crippen LogP contribution in [-0.2, 0) is 0 Å². The molecule has 0 aliphatic heterocycles. The Kier molecular flexibility index (Phi) is 5.39. The molecule has 3 rings (SSSR count). The van der Waals surface area contributed by atoms with Crippen LogP contribution in [0, 0.1) is 6.92 Å². The number of nitrogens with zero attached hydrogens (tertiary/aromatic N) is 1. The molecule has 1 heterocycles. The summed E-state index contributed by atoms with van der Waals surface area (Å²) in [7, 11) is 1.56. The lowest BCUT2D eigenvalue weighted by atomic mass is 10.2. The second kappa shape index (κ2) is 7.89. The van der Waals surface area contributed by atoms with Gasteiger partial charge in [-0.25, -0.2) is 4.98 Å². The first-order valence-electron chi connectivity index (χ1n) is 8.01. The maximum atomic E-state index is 12.4. The molecule has 0 aliphatic rings. The van der Waals surface area contributed by atoms with Gasteiger partial charge in [-0.1, -0.05) is 29.8 Å². The quantitative estimate of drug-likeness (QED) is 0.662. The fraction of sp³-hybridized carbons (Fsp3) is 0.100. The van der Waals surface area contributed by atoms with Gasteiger partial charge in [-0.2, -0.15) is 0 Å². The molecule has 0 spiro atoms. The zero-order valence-corrected chi connectivity index (χ0v) is 15.2. The van der Waals surface area contributed by atoms with Crippen molar-refractivity contribution in [2.24, 2.45) is 0 Å². The van der Waals surface area contributed by atoms with Crippen LogP contribution in [0.3, 0.4) is 0 Å². The maximum absolute atomic E-state index is 12.4. The van der Waals surface area contributed by atoms with Crippen LogP contribution in [0.15, 0.2) is 60.8 Å². The topological polar surface area (TPSA) is 63.2 Å². The molecule has 5 nitrogen and oxygen atoms in total. The third kappa shape index (κ3) is 3.95. The number of anilines is 3. The van der Waals surface area contributed by atoms with Crippen molar-refractivity contribution in [3.8, 4) is 5.75 Å². The second-order valence-corrected chi connectivity index (χ2v) is 6.03. The third-order valence-electron chi connectivity index (χ3n) is 3.91. The Morgan fingerprint density at radius 2 is 1.81 bits per heavy atom. The molecule has 0 saturated heterocycles. The highest BCUT2D eigenvalue weighted by atomic mass is 35.5. The lowest BCUT2D eigenvalue weighted by molar-refractivity contribution is 0.102. The Morgan fingerprint density at radius 1 is 1.04 bits per heavy atom. The van der Waals surface area contributed by atoms with Gasteiger partial charge in [-0.05, 0) is 48.9 Å². The summed E-state index contributed by atoms with van der Waals surface area (Å²) >= 11 is 6.13. The van der Waals surface area contributed by atoms with Crippen LogP contribution in [0.25, 0.3) is 0 Å². The number of rotatable bonds is 5. The molecule has 2 aromatic carbocycles. The highest BCUT2D eigenvalue weighted by Gasteiger charge is 2.10. The molecule has 26 heavy (non-hydrogen) atoms. The Balaban J connectivity index is 1.73. The number of hydrogen-bond donors (Lipinski definition) is 2. The third-order valence-corrected chi connectivity index (χ3v) is 4.32. The number of aromatic nitrogens is 1. The number of ether oxygens (including phenoxy) is 1. The SMILES string of the molecule is COc1ccccc1NC(=O)c1ccc(Nc2cccc(Cl)c2C)nc1. The van der Waals surface area contributed by atoms with Gasteiger partial charge in [-0.15, -0.1) is 0 Å². The number of benzene rings is 2. The van der Waals surface area contributed by atoms with Gasteiger partial charge in [0, 0.05) is 16.9 Å². The number of carbonyl (C=O) groups excluding carboxylic acids is 1. The van der Waals surface area contributed by atoms with Gasteiger partial charge in [0.25, 0.3) is 5.91 Å². The molecule has 1 aromatic heterocycles. The van der Waals surface area contributed by atoms with Crippen molar-refractivity contribution in [3.05, 3.63) is 76.9 Å². The second-order valence-electron chi connectivity index (χ2n) is 5.62. The Morgan fingerprint density at radius 3 is 2.54 bits per heavy atom. The molecule has 3 aromatic rings. The van der Waals surface area contributed by atoms with Gasteiger partial charge < -0.3 is 15.4 Å². The van der Waals surface area contributed by atoms with E-state index in [0.29, 0.717) is 27.8 Å². The summed E-state index contributed by atoms with van der Waals surface area (Å²) in [6.07, 6.45) is 1.52. The highest BCUT2D eigenvalue weighted by Crippen LogP contribution is 2.26. The van der Waals surface area contributed by atoms with Crippen molar-refractivity contribution < 1.29 is 9.53 Å². The van der Waals surface area contributed by atoms with Crippen molar-refractivity contribution in [2.75, 3.05) is 17.7 Å². The number of para-hydroxylation sites is 2. The molecular weight excluding hydrogens is 350 g/mol. The number of amides is 1. The molecule has 132 valence electrons. The van der Waals surface area contributed by atoms with E-state index in [1.54, 1.807) is 31.4 Å². The summed E-state index contributed by atoms with van der Waals surface area (Å²) in [6.45, 7) is 1.93. The first kappa shape index (κ1) is 17.8. The minimum Gasteiger partial charge on any atom is -0.495 e. The number of carbonyl (C=O) groups is 1. The van der Waals surface area contributed by atoms with E-state index in [9.17, 15) is 4.79 Å². The summed E-state index contributed by atoms with van der Waals surface area (Å²) in [5.74, 6) is 0.972. The lowest BCUT2D eigenvalue weighted by Gasteiger charge is -2.11. The fourth-order valence-electron chi connectivity index (χ4n) is 2.43. The van der Waals surface area contributed by atoms with E-state index in [4.69, 9.17) is 16.3 Å². The van der Waals surface area contributed by atoms with E-state index in [0.717, 1.165) is 11.3 Å². The van der Waals surface area contributed by atoms with Crippen molar-refractivity contribution in [3.63, 3.8) is 0 Å². The normalized spacial score (nSPS) is 10.3. The maximum Gasteiger partial charge on any atom is 0.257 e. The van der Waals surface area contributed by atoms with E-state index in [2.05, 4.69) is 15.6 Å². The number of pyridine rings is 1. The summed E-state index contributed by atoms with van der Waals surface area (Å²) in [5.41, 5.74) is 2.87. The van der Waals surface area contributed by atoms with Crippen LogP contribution in [0.4, 0.5) is 17.2 Å². The van der Waals surface area contributed by atoms with Gasteiger partial charge in [0.05, 0.1) is 18.4 Å². The Labute approximate surface area is 157 Å². The fourth-order valence-corrected chi connectivity index (χ4v) is 2.60. The molecular formula is C20H18ClN3O2. The first-order chi connectivity index (χ1) is 12.6. The minimum absolute atomic E-state index is 0.257. The molecule has 1 amide bonds. The van der Waals surface area contributed by atoms with E-state index >= 15 is 0 Å². The molecule has 0 unspecified atom stereocenters. The molecule has 2 N–H and O–H groups in total. The van der Waals surface area contributed by atoms with Gasteiger partial charge in [0.2, 0.25) is 0 Å². The van der Waals surface area contributed by atoms with Crippen LogP contribution >= 0.6 is 11.6 Å². The summed E-state index contributed by atoms with van der Waals surface area (Å²) in [6, 6.07) is 16.3. The van der Waals surface area contributed by atoms with Gasteiger partial charge >= 0.3 is 0 Å². The van der Waals surface area contributed by atoms with Crippen LogP contribution in [0.5, 0.6) is 5.75 Å². The zero-order valence-electron chi connectivity index (χ0n) is 14.4. The predicted molar refractivity (Wildman–Crippen MR) is 105 cm³/mol.